The number of oxazole rings is 1. The van der Waals surface area contributed by atoms with Crippen molar-refractivity contribution in [2.24, 2.45) is 0 Å². The highest BCUT2D eigenvalue weighted by Gasteiger charge is 2.47. The molecule has 0 aliphatic heterocycles. The third-order valence-corrected chi connectivity index (χ3v) is 9.54. The highest BCUT2D eigenvalue weighted by Crippen LogP contribution is 2.58. The molecule has 0 atom stereocenters. The van der Waals surface area contributed by atoms with Gasteiger partial charge in [-0.1, -0.05) is 75.4 Å². The van der Waals surface area contributed by atoms with Gasteiger partial charge in [0.2, 0.25) is 5.89 Å². The van der Waals surface area contributed by atoms with Gasteiger partial charge < -0.3 is 4.42 Å². The molecule has 0 aliphatic carbocycles. The molecule has 0 saturated heterocycles. The first-order chi connectivity index (χ1) is 14.0. The fraction of sp³-hybridized carbons (Fsp3) is 0.192. The van der Waals surface area contributed by atoms with Gasteiger partial charge in [0.1, 0.15) is 35.1 Å². The Morgan fingerprint density at radius 2 is 1.10 bits per heavy atom. The molecule has 0 N–H and O–H groups in total. The molecule has 29 heavy (non-hydrogen) atoms. The first kappa shape index (κ1) is 19.6. The van der Waals surface area contributed by atoms with E-state index < -0.39 is 7.26 Å². The van der Waals surface area contributed by atoms with E-state index in [1.165, 1.54) is 15.9 Å². The van der Waals surface area contributed by atoms with Crippen LogP contribution in [0.4, 0.5) is 0 Å². The van der Waals surface area contributed by atoms with Crippen molar-refractivity contribution in [2.45, 2.75) is 32.3 Å². The van der Waals surface area contributed by atoms with Crippen LogP contribution in [0.2, 0.25) is 0 Å². The number of hydrogen-bond acceptors (Lipinski definition) is 2. The van der Waals surface area contributed by atoms with E-state index in [1.807, 2.05) is 6.20 Å². The minimum absolute atomic E-state index is 0.0569. The van der Waals surface area contributed by atoms with Crippen LogP contribution in [0, 0.1) is 0 Å². The summed E-state index contributed by atoms with van der Waals surface area (Å²) in [5, 5.41) is 4.02. The Kier molecular flexibility index (Phi) is 5.39. The predicted octanol–water partition coefficient (Wildman–Crippen LogP) is 5.47. The molecule has 0 saturated carbocycles. The van der Waals surface area contributed by atoms with Gasteiger partial charge >= 0.3 is 0 Å². The maximum atomic E-state index is 6.28. The number of hydrogen-bond donors (Lipinski definition) is 0. The first-order valence-corrected chi connectivity index (χ1v) is 12.0. The number of aromatic nitrogens is 1. The molecule has 0 unspecified atom stereocenters. The molecule has 1 aromatic heterocycles. The summed E-state index contributed by atoms with van der Waals surface area (Å²) in [6.45, 7) is 6.47. The van der Waals surface area contributed by atoms with Crippen molar-refractivity contribution in [3.63, 3.8) is 0 Å². The van der Waals surface area contributed by atoms with Crippen LogP contribution in [-0.4, -0.2) is 4.98 Å². The van der Waals surface area contributed by atoms with E-state index in [2.05, 4.69) is 112 Å². The van der Waals surface area contributed by atoms with Crippen molar-refractivity contribution in [3.8, 4) is 0 Å². The van der Waals surface area contributed by atoms with Crippen molar-refractivity contribution in [2.75, 3.05) is 0 Å². The van der Waals surface area contributed by atoms with E-state index in [-0.39, 0.29) is 5.41 Å². The van der Waals surface area contributed by atoms with Gasteiger partial charge in [-0.25, -0.2) is 4.98 Å². The van der Waals surface area contributed by atoms with Crippen LogP contribution in [0.3, 0.4) is 0 Å². The molecule has 0 spiro atoms. The number of benzene rings is 3. The Hall–Kier alpha value is -2.70. The molecule has 0 bridgehead atoms. The number of rotatable bonds is 5. The largest absolute Gasteiger partial charge is 0.441 e. The van der Waals surface area contributed by atoms with Gasteiger partial charge in [-0.05, 0) is 36.4 Å². The summed E-state index contributed by atoms with van der Waals surface area (Å²) in [5.74, 6) is 1.74. The quantitative estimate of drug-likeness (QED) is 0.416. The van der Waals surface area contributed by atoms with E-state index in [4.69, 9.17) is 9.40 Å². The van der Waals surface area contributed by atoms with Crippen molar-refractivity contribution < 1.29 is 4.42 Å². The van der Waals surface area contributed by atoms with Crippen LogP contribution in [0.5, 0.6) is 0 Å². The summed E-state index contributed by atoms with van der Waals surface area (Å²) in [5.41, 5.74) is -0.0569. The van der Waals surface area contributed by atoms with Gasteiger partial charge in [0.25, 0.3) is 0 Å². The van der Waals surface area contributed by atoms with Gasteiger partial charge in [-0.2, -0.15) is 0 Å². The van der Waals surface area contributed by atoms with Crippen LogP contribution >= 0.6 is 7.26 Å². The Morgan fingerprint density at radius 3 is 1.45 bits per heavy atom. The average Bonchev–Trinajstić information content (AvgIpc) is 3.23. The van der Waals surface area contributed by atoms with E-state index in [1.54, 1.807) is 0 Å². The highest BCUT2D eigenvalue weighted by atomic mass is 31.2. The van der Waals surface area contributed by atoms with Crippen molar-refractivity contribution >= 4 is 23.2 Å². The summed E-state index contributed by atoms with van der Waals surface area (Å²) in [7, 11) is -1.97. The SMILES string of the molecule is CC(C)(C)c1cnc(C[P+](c2ccccc2)(c2ccccc2)c2ccccc2)o1. The third-order valence-electron chi connectivity index (χ3n) is 5.26. The predicted molar refractivity (Wildman–Crippen MR) is 124 cm³/mol. The molecule has 4 aromatic rings. The summed E-state index contributed by atoms with van der Waals surface area (Å²) < 4.78 is 6.28. The van der Waals surface area contributed by atoms with E-state index in [0.717, 1.165) is 17.8 Å². The lowest BCUT2D eigenvalue weighted by atomic mass is 9.94. The van der Waals surface area contributed by atoms with Gasteiger partial charge in [0, 0.05) is 5.41 Å². The fourth-order valence-electron chi connectivity index (χ4n) is 3.70. The Balaban J connectivity index is 1.94. The van der Waals surface area contributed by atoms with Crippen molar-refractivity contribution in [1.82, 2.24) is 4.98 Å². The third kappa shape index (κ3) is 3.91. The second-order valence-corrected chi connectivity index (χ2v) is 11.8. The topological polar surface area (TPSA) is 26.0 Å². The van der Waals surface area contributed by atoms with Gasteiger partial charge in [-0.3, -0.25) is 0 Å². The second-order valence-electron chi connectivity index (χ2n) is 8.34. The smallest absolute Gasteiger partial charge is 0.233 e. The molecule has 0 radical (unpaired) electrons. The Morgan fingerprint density at radius 1 is 0.690 bits per heavy atom. The fourth-order valence-corrected chi connectivity index (χ4v) is 7.74. The molecule has 146 valence electrons. The van der Waals surface area contributed by atoms with Crippen molar-refractivity contribution in [1.29, 1.82) is 0 Å². The molecule has 3 heteroatoms. The Bertz CT molecular complexity index is 953. The minimum atomic E-state index is -1.97. The van der Waals surface area contributed by atoms with Crippen LogP contribution in [0.25, 0.3) is 0 Å². The summed E-state index contributed by atoms with van der Waals surface area (Å²) in [6, 6.07) is 32.5. The normalized spacial score (nSPS) is 12.1. The zero-order valence-corrected chi connectivity index (χ0v) is 18.1. The van der Waals surface area contributed by atoms with Gasteiger partial charge in [0.15, 0.2) is 0 Å². The average molecular weight is 400 g/mol. The first-order valence-electron chi connectivity index (χ1n) is 10.0. The zero-order valence-electron chi connectivity index (χ0n) is 17.2. The maximum absolute atomic E-state index is 6.28. The molecular formula is C26H27NOP+. The molecule has 3 aromatic carbocycles. The van der Waals surface area contributed by atoms with Gasteiger partial charge in [0.05, 0.1) is 6.20 Å². The lowest BCUT2D eigenvalue weighted by Crippen LogP contribution is -2.32. The highest BCUT2D eigenvalue weighted by molar-refractivity contribution is 7.95. The lowest BCUT2D eigenvalue weighted by Gasteiger charge is -2.26. The number of nitrogens with zero attached hydrogens (tertiary/aromatic N) is 1. The monoisotopic (exact) mass is 400 g/mol. The van der Waals surface area contributed by atoms with E-state index in [9.17, 15) is 0 Å². The molecule has 0 aliphatic rings. The second kappa shape index (κ2) is 7.97. The summed E-state index contributed by atoms with van der Waals surface area (Å²) in [4.78, 5) is 4.71. The molecule has 1 heterocycles. The lowest BCUT2D eigenvalue weighted by molar-refractivity contribution is 0.390. The molecule has 0 amide bonds. The van der Waals surface area contributed by atoms with E-state index in [0.29, 0.717) is 0 Å². The van der Waals surface area contributed by atoms with Crippen LogP contribution in [0.1, 0.15) is 32.4 Å². The van der Waals surface area contributed by atoms with Crippen LogP contribution in [0.15, 0.2) is 102 Å². The van der Waals surface area contributed by atoms with Crippen molar-refractivity contribution in [3.05, 3.63) is 109 Å². The molecule has 0 fully saturated rings. The minimum Gasteiger partial charge on any atom is -0.441 e. The maximum Gasteiger partial charge on any atom is 0.233 e. The van der Waals surface area contributed by atoms with E-state index >= 15 is 0 Å². The standard InChI is InChI=1S/C26H27NOP/c1-26(2,3)24-19-27-25(28-24)20-29(21-13-7-4-8-14-21,22-15-9-5-10-16-22)23-17-11-6-12-18-23/h4-19H,20H2,1-3H3/q+1. The van der Waals surface area contributed by atoms with Crippen LogP contribution in [-0.2, 0) is 11.6 Å². The zero-order chi connectivity index (χ0) is 20.3. The molecule has 4 rings (SSSR count). The Labute approximate surface area is 174 Å². The van der Waals surface area contributed by atoms with Crippen LogP contribution < -0.4 is 15.9 Å². The molecular weight excluding hydrogens is 373 g/mol. The van der Waals surface area contributed by atoms with Gasteiger partial charge in [-0.15, -0.1) is 0 Å². The summed E-state index contributed by atoms with van der Waals surface area (Å²) >= 11 is 0. The summed E-state index contributed by atoms with van der Waals surface area (Å²) in [6.07, 6.45) is 2.66. The molecule has 2 nitrogen and oxygen atoms in total.